The molecule has 0 N–H and O–H groups in total. The van der Waals surface area contributed by atoms with Gasteiger partial charge in [0.15, 0.2) is 11.7 Å². The molecule has 0 bridgehead atoms. The molecule has 1 heterocycles. The summed E-state index contributed by atoms with van der Waals surface area (Å²) in [5.41, 5.74) is 0.708. The van der Waals surface area contributed by atoms with Crippen molar-refractivity contribution < 1.29 is 8.81 Å². The van der Waals surface area contributed by atoms with Gasteiger partial charge in [-0.2, -0.15) is 5.26 Å². The molecule has 0 saturated heterocycles. The van der Waals surface area contributed by atoms with Crippen LogP contribution in [0.3, 0.4) is 0 Å². The summed E-state index contributed by atoms with van der Waals surface area (Å²) < 4.78 is 18.9. The lowest BCUT2D eigenvalue weighted by molar-refractivity contribution is 0.338. The van der Waals surface area contributed by atoms with Gasteiger partial charge in [-0.25, -0.2) is 9.37 Å². The second-order valence-electron chi connectivity index (χ2n) is 4.50. The van der Waals surface area contributed by atoms with E-state index in [2.05, 4.69) is 4.98 Å². The third-order valence-electron chi connectivity index (χ3n) is 3.35. The summed E-state index contributed by atoms with van der Waals surface area (Å²) in [6.45, 7) is 0. The maximum absolute atomic E-state index is 13.2. The van der Waals surface area contributed by atoms with Gasteiger partial charge in [0.25, 0.3) is 0 Å². The van der Waals surface area contributed by atoms with Crippen molar-refractivity contribution >= 4 is 0 Å². The van der Waals surface area contributed by atoms with E-state index in [0.29, 0.717) is 17.2 Å². The van der Waals surface area contributed by atoms with Crippen LogP contribution in [0.2, 0.25) is 0 Å². The fourth-order valence-corrected chi connectivity index (χ4v) is 2.03. The second kappa shape index (κ2) is 4.26. The van der Waals surface area contributed by atoms with E-state index in [0.717, 1.165) is 18.7 Å². The van der Waals surface area contributed by atoms with Crippen LogP contribution in [0.15, 0.2) is 28.8 Å². The topological polar surface area (TPSA) is 49.8 Å². The van der Waals surface area contributed by atoms with E-state index in [1.165, 1.54) is 18.6 Å². The molecule has 0 spiro atoms. The SMILES string of the molecule is N#Cc1cc(-c2cnc(C3CCC3)o2)ccc1F. The first-order chi connectivity index (χ1) is 8.78. The number of hydrogen-bond acceptors (Lipinski definition) is 3. The number of halogens is 1. The first-order valence-electron chi connectivity index (χ1n) is 5.93. The first-order valence-corrected chi connectivity index (χ1v) is 5.93. The number of benzene rings is 1. The molecule has 1 aromatic carbocycles. The summed E-state index contributed by atoms with van der Waals surface area (Å²) >= 11 is 0. The van der Waals surface area contributed by atoms with Crippen LogP contribution < -0.4 is 0 Å². The molecule has 1 aliphatic rings. The minimum Gasteiger partial charge on any atom is -0.440 e. The summed E-state index contributed by atoms with van der Waals surface area (Å²) in [7, 11) is 0. The summed E-state index contributed by atoms with van der Waals surface area (Å²) in [6, 6.07) is 6.18. The Kier molecular flexibility index (Phi) is 2.60. The normalized spacial score (nSPS) is 15.1. The zero-order chi connectivity index (χ0) is 12.5. The number of nitriles is 1. The molecular formula is C14H11FN2O. The molecule has 1 fully saturated rings. The molecule has 0 aliphatic heterocycles. The Bertz CT molecular complexity index is 623. The molecule has 4 heteroatoms. The Morgan fingerprint density at radius 2 is 2.22 bits per heavy atom. The van der Waals surface area contributed by atoms with Crippen molar-refractivity contribution in [1.29, 1.82) is 5.26 Å². The molecule has 2 aromatic rings. The quantitative estimate of drug-likeness (QED) is 0.808. The van der Waals surface area contributed by atoms with E-state index in [1.807, 2.05) is 6.07 Å². The molecule has 0 radical (unpaired) electrons. The molecule has 0 atom stereocenters. The highest BCUT2D eigenvalue weighted by Gasteiger charge is 2.24. The van der Waals surface area contributed by atoms with E-state index < -0.39 is 5.82 Å². The summed E-state index contributed by atoms with van der Waals surface area (Å²) in [4.78, 5) is 4.25. The predicted octanol–water partition coefficient (Wildman–Crippen LogP) is 3.62. The molecule has 1 aliphatic carbocycles. The van der Waals surface area contributed by atoms with Crippen molar-refractivity contribution in [2.75, 3.05) is 0 Å². The molecule has 18 heavy (non-hydrogen) atoms. The second-order valence-corrected chi connectivity index (χ2v) is 4.50. The van der Waals surface area contributed by atoms with Gasteiger partial charge >= 0.3 is 0 Å². The highest BCUT2D eigenvalue weighted by Crippen LogP contribution is 2.37. The van der Waals surface area contributed by atoms with E-state index in [4.69, 9.17) is 9.68 Å². The summed E-state index contributed by atoms with van der Waals surface area (Å²) in [6.07, 6.45) is 5.10. The average molecular weight is 242 g/mol. The zero-order valence-electron chi connectivity index (χ0n) is 9.69. The molecule has 1 aromatic heterocycles. The van der Waals surface area contributed by atoms with Crippen LogP contribution in [0.1, 0.15) is 36.6 Å². The average Bonchev–Trinajstić information content (AvgIpc) is 2.76. The van der Waals surface area contributed by atoms with Crippen molar-refractivity contribution in [3.8, 4) is 17.4 Å². The Morgan fingerprint density at radius 1 is 1.39 bits per heavy atom. The summed E-state index contributed by atoms with van der Waals surface area (Å²) in [5.74, 6) is 1.25. The van der Waals surface area contributed by atoms with Crippen LogP contribution in [0.25, 0.3) is 11.3 Å². The third kappa shape index (κ3) is 1.78. The van der Waals surface area contributed by atoms with Crippen LogP contribution in [0.4, 0.5) is 4.39 Å². The Balaban J connectivity index is 1.94. The predicted molar refractivity (Wildman–Crippen MR) is 63.2 cm³/mol. The third-order valence-corrected chi connectivity index (χ3v) is 3.35. The van der Waals surface area contributed by atoms with Gasteiger partial charge in [-0.15, -0.1) is 0 Å². The highest BCUT2D eigenvalue weighted by molar-refractivity contribution is 5.59. The van der Waals surface area contributed by atoms with Crippen molar-refractivity contribution in [2.45, 2.75) is 25.2 Å². The fourth-order valence-electron chi connectivity index (χ4n) is 2.03. The number of hydrogen-bond donors (Lipinski definition) is 0. The van der Waals surface area contributed by atoms with Crippen LogP contribution in [0.5, 0.6) is 0 Å². The van der Waals surface area contributed by atoms with Crippen molar-refractivity contribution in [2.24, 2.45) is 0 Å². The Labute approximate surface area is 104 Å². The Hall–Kier alpha value is -2.15. The standard InChI is InChI=1S/C14H11FN2O/c15-12-5-4-10(6-11(12)7-16)13-8-17-14(18-13)9-2-1-3-9/h4-6,8-9H,1-3H2. The van der Waals surface area contributed by atoms with Crippen molar-refractivity contribution in [3.05, 3.63) is 41.7 Å². The number of aromatic nitrogens is 1. The van der Waals surface area contributed by atoms with Gasteiger partial charge < -0.3 is 4.42 Å². The van der Waals surface area contributed by atoms with Gasteiger partial charge in [0.2, 0.25) is 0 Å². The van der Waals surface area contributed by atoms with E-state index in [9.17, 15) is 4.39 Å². The van der Waals surface area contributed by atoms with Gasteiger partial charge in [0.1, 0.15) is 11.9 Å². The van der Waals surface area contributed by atoms with Crippen LogP contribution in [-0.2, 0) is 0 Å². The highest BCUT2D eigenvalue weighted by atomic mass is 19.1. The lowest BCUT2D eigenvalue weighted by atomic mass is 9.85. The van der Waals surface area contributed by atoms with Crippen LogP contribution >= 0.6 is 0 Å². The van der Waals surface area contributed by atoms with Gasteiger partial charge in [0.05, 0.1) is 11.8 Å². The van der Waals surface area contributed by atoms with Gasteiger partial charge in [-0.3, -0.25) is 0 Å². The molecule has 3 nitrogen and oxygen atoms in total. The lowest BCUT2D eigenvalue weighted by Crippen LogP contribution is -2.08. The van der Waals surface area contributed by atoms with E-state index in [-0.39, 0.29) is 5.56 Å². The zero-order valence-corrected chi connectivity index (χ0v) is 9.69. The Morgan fingerprint density at radius 3 is 2.89 bits per heavy atom. The van der Waals surface area contributed by atoms with Gasteiger partial charge in [-0.1, -0.05) is 6.42 Å². The number of oxazole rings is 1. The first kappa shape index (κ1) is 11.0. The molecule has 0 amide bonds. The van der Waals surface area contributed by atoms with Gasteiger partial charge in [-0.05, 0) is 31.0 Å². The van der Waals surface area contributed by atoms with E-state index in [1.54, 1.807) is 12.3 Å². The minimum absolute atomic E-state index is 0.0223. The maximum atomic E-state index is 13.2. The van der Waals surface area contributed by atoms with E-state index >= 15 is 0 Å². The van der Waals surface area contributed by atoms with Crippen molar-refractivity contribution in [1.82, 2.24) is 4.98 Å². The minimum atomic E-state index is -0.514. The molecule has 3 rings (SSSR count). The number of rotatable bonds is 2. The smallest absolute Gasteiger partial charge is 0.198 e. The van der Waals surface area contributed by atoms with Gasteiger partial charge in [0, 0.05) is 11.5 Å². The molecule has 1 saturated carbocycles. The van der Waals surface area contributed by atoms with Crippen LogP contribution in [-0.4, -0.2) is 4.98 Å². The molecular weight excluding hydrogens is 231 g/mol. The fraction of sp³-hybridized carbons (Fsp3) is 0.286. The number of nitrogens with zero attached hydrogens (tertiary/aromatic N) is 2. The molecule has 90 valence electrons. The molecule has 0 unspecified atom stereocenters. The van der Waals surface area contributed by atoms with Crippen LogP contribution in [0, 0.1) is 17.1 Å². The maximum Gasteiger partial charge on any atom is 0.198 e. The van der Waals surface area contributed by atoms with Crippen molar-refractivity contribution in [3.63, 3.8) is 0 Å². The monoisotopic (exact) mass is 242 g/mol. The lowest BCUT2D eigenvalue weighted by Gasteiger charge is -2.21. The largest absolute Gasteiger partial charge is 0.440 e. The summed E-state index contributed by atoms with van der Waals surface area (Å²) in [5, 5.41) is 8.79.